The number of rotatable bonds is 4. The standard InChI is InChI=1S/C9H15NO4S/c1-2-3-5-14-9(13)10-4-6-15-7(10)8(11)12/h7H,2-6H2,1H3,(H,11,12)/t7-/m0/s1. The number of unbranched alkanes of at least 4 members (excludes halogenated alkanes) is 1. The van der Waals surface area contributed by atoms with Crippen molar-refractivity contribution in [2.45, 2.75) is 25.1 Å². The Balaban J connectivity index is 2.40. The summed E-state index contributed by atoms with van der Waals surface area (Å²) in [7, 11) is 0. The monoisotopic (exact) mass is 233 g/mol. The van der Waals surface area contributed by atoms with Crippen LogP contribution < -0.4 is 0 Å². The van der Waals surface area contributed by atoms with Gasteiger partial charge in [-0.2, -0.15) is 0 Å². The Morgan fingerprint density at radius 3 is 2.93 bits per heavy atom. The molecule has 0 spiro atoms. The van der Waals surface area contributed by atoms with Gasteiger partial charge in [0.15, 0.2) is 5.37 Å². The molecular formula is C9H15NO4S. The lowest BCUT2D eigenvalue weighted by molar-refractivity contribution is -0.139. The van der Waals surface area contributed by atoms with Crippen molar-refractivity contribution in [2.75, 3.05) is 18.9 Å². The van der Waals surface area contributed by atoms with E-state index in [-0.39, 0.29) is 0 Å². The lowest BCUT2D eigenvalue weighted by atomic mass is 10.4. The van der Waals surface area contributed by atoms with Gasteiger partial charge in [-0.1, -0.05) is 13.3 Å². The molecule has 1 saturated heterocycles. The van der Waals surface area contributed by atoms with Crippen LogP contribution in [0.2, 0.25) is 0 Å². The van der Waals surface area contributed by atoms with E-state index < -0.39 is 17.4 Å². The topological polar surface area (TPSA) is 66.8 Å². The molecule has 86 valence electrons. The van der Waals surface area contributed by atoms with E-state index in [9.17, 15) is 9.59 Å². The SMILES string of the molecule is CCCCOC(=O)N1CCS[C@H]1C(=O)O. The van der Waals surface area contributed by atoms with Crippen LogP contribution in [0.5, 0.6) is 0 Å². The fraction of sp³-hybridized carbons (Fsp3) is 0.778. The number of carbonyl (C=O) groups is 2. The average molecular weight is 233 g/mol. The van der Waals surface area contributed by atoms with Crippen molar-refractivity contribution in [1.29, 1.82) is 0 Å². The molecule has 6 heteroatoms. The minimum Gasteiger partial charge on any atom is -0.479 e. The van der Waals surface area contributed by atoms with Gasteiger partial charge in [0.2, 0.25) is 0 Å². The highest BCUT2D eigenvalue weighted by molar-refractivity contribution is 8.00. The zero-order valence-corrected chi connectivity index (χ0v) is 9.46. The Bertz CT molecular complexity index is 246. The predicted octanol–water partition coefficient (Wildman–Crippen LogP) is 1.38. The van der Waals surface area contributed by atoms with Crippen molar-refractivity contribution in [3.05, 3.63) is 0 Å². The molecule has 1 atom stereocenters. The maximum Gasteiger partial charge on any atom is 0.411 e. The van der Waals surface area contributed by atoms with Gasteiger partial charge in [0.1, 0.15) is 0 Å². The number of carboxylic acid groups (broad SMARTS) is 1. The predicted molar refractivity (Wildman–Crippen MR) is 56.8 cm³/mol. The number of aliphatic carboxylic acids is 1. The van der Waals surface area contributed by atoms with Gasteiger partial charge >= 0.3 is 12.1 Å². The van der Waals surface area contributed by atoms with Crippen molar-refractivity contribution < 1.29 is 19.4 Å². The summed E-state index contributed by atoms with van der Waals surface area (Å²) in [6, 6.07) is 0. The largest absolute Gasteiger partial charge is 0.479 e. The number of hydrogen-bond acceptors (Lipinski definition) is 4. The fourth-order valence-electron chi connectivity index (χ4n) is 1.25. The van der Waals surface area contributed by atoms with E-state index in [0.29, 0.717) is 18.9 Å². The zero-order valence-electron chi connectivity index (χ0n) is 8.64. The van der Waals surface area contributed by atoms with Crippen LogP contribution in [-0.2, 0) is 9.53 Å². The van der Waals surface area contributed by atoms with Crippen LogP contribution in [0.25, 0.3) is 0 Å². The van der Waals surface area contributed by atoms with Gasteiger partial charge in [-0.25, -0.2) is 9.59 Å². The third-order valence-corrected chi connectivity index (χ3v) is 3.25. The molecule has 1 amide bonds. The van der Waals surface area contributed by atoms with Crippen LogP contribution in [0.3, 0.4) is 0 Å². The van der Waals surface area contributed by atoms with E-state index in [1.807, 2.05) is 6.92 Å². The molecule has 0 bridgehead atoms. The highest BCUT2D eigenvalue weighted by atomic mass is 32.2. The first-order valence-corrected chi connectivity index (χ1v) is 5.99. The first kappa shape index (κ1) is 12.2. The number of carbonyl (C=O) groups excluding carboxylic acids is 1. The molecule has 0 saturated carbocycles. The maximum absolute atomic E-state index is 11.5. The van der Waals surface area contributed by atoms with Crippen molar-refractivity contribution in [3.8, 4) is 0 Å². The fourth-order valence-corrected chi connectivity index (χ4v) is 2.29. The van der Waals surface area contributed by atoms with Crippen molar-refractivity contribution in [1.82, 2.24) is 4.90 Å². The van der Waals surface area contributed by atoms with E-state index in [1.165, 1.54) is 16.7 Å². The number of nitrogens with zero attached hydrogens (tertiary/aromatic N) is 1. The van der Waals surface area contributed by atoms with E-state index in [1.54, 1.807) is 0 Å². The van der Waals surface area contributed by atoms with Crippen LogP contribution in [0.4, 0.5) is 4.79 Å². The molecule has 0 aromatic rings. The van der Waals surface area contributed by atoms with Gasteiger partial charge in [0.25, 0.3) is 0 Å². The third kappa shape index (κ3) is 3.30. The lowest BCUT2D eigenvalue weighted by Gasteiger charge is -2.19. The first-order valence-electron chi connectivity index (χ1n) is 4.94. The van der Waals surface area contributed by atoms with Crippen LogP contribution >= 0.6 is 11.8 Å². The number of ether oxygens (including phenoxy) is 1. The first-order chi connectivity index (χ1) is 7.16. The van der Waals surface area contributed by atoms with Gasteiger partial charge in [-0.05, 0) is 6.42 Å². The number of carboxylic acids is 1. The molecular weight excluding hydrogens is 218 g/mol. The molecule has 1 N–H and O–H groups in total. The molecule has 1 rings (SSSR count). The molecule has 5 nitrogen and oxygen atoms in total. The van der Waals surface area contributed by atoms with Crippen LogP contribution in [-0.4, -0.2) is 46.3 Å². The summed E-state index contributed by atoms with van der Waals surface area (Å²) in [4.78, 5) is 23.5. The smallest absolute Gasteiger partial charge is 0.411 e. The second-order valence-corrected chi connectivity index (χ2v) is 4.41. The Hall–Kier alpha value is -0.910. The Labute approximate surface area is 92.8 Å². The molecule has 1 aliphatic heterocycles. The molecule has 15 heavy (non-hydrogen) atoms. The summed E-state index contributed by atoms with van der Waals surface area (Å²) in [6.45, 7) is 2.81. The Morgan fingerprint density at radius 2 is 2.33 bits per heavy atom. The van der Waals surface area contributed by atoms with Gasteiger partial charge in [0, 0.05) is 12.3 Å². The zero-order chi connectivity index (χ0) is 11.3. The summed E-state index contributed by atoms with van der Waals surface area (Å²) in [6.07, 6.45) is 1.25. The third-order valence-electron chi connectivity index (χ3n) is 2.06. The summed E-state index contributed by atoms with van der Waals surface area (Å²) in [5.41, 5.74) is 0. The molecule has 1 heterocycles. The molecule has 1 fully saturated rings. The summed E-state index contributed by atoms with van der Waals surface area (Å²) >= 11 is 1.25. The second-order valence-electron chi connectivity index (χ2n) is 3.22. The van der Waals surface area contributed by atoms with Gasteiger partial charge in [-0.3, -0.25) is 4.90 Å². The molecule has 0 radical (unpaired) electrons. The summed E-state index contributed by atoms with van der Waals surface area (Å²) in [5, 5.41) is 8.06. The Kier molecular flexibility index (Phi) is 4.74. The van der Waals surface area contributed by atoms with Gasteiger partial charge in [0.05, 0.1) is 6.61 Å². The van der Waals surface area contributed by atoms with Crippen molar-refractivity contribution >= 4 is 23.8 Å². The summed E-state index contributed by atoms with van der Waals surface area (Å²) in [5.74, 6) is -0.329. The lowest BCUT2D eigenvalue weighted by Crippen LogP contribution is -2.39. The number of hydrogen-bond donors (Lipinski definition) is 1. The quantitative estimate of drug-likeness (QED) is 0.743. The van der Waals surface area contributed by atoms with Crippen molar-refractivity contribution in [3.63, 3.8) is 0 Å². The van der Waals surface area contributed by atoms with E-state index in [2.05, 4.69) is 0 Å². The minimum atomic E-state index is -0.982. The number of amides is 1. The minimum absolute atomic E-state index is 0.364. The molecule has 0 aliphatic carbocycles. The number of thioether (sulfide) groups is 1. The van der Waals surface area contributed by atoms with Gasteiger partial charge in [-0.15, -0.1) is 11.8 Å². The average Bonchev–Trinajstić information content (AvgIpc) is 2.66. The molecule has 0 unspecified atom stereocenters. The van der Waals surface area contributed by atoms with Gasteiger partial charge < -0.3 is 9.84 Å². The highest BCUT2D eigenvalue weighted by Crippen LogP contribution is 2.24. The molecule has 0 aromatic carbocycles. The van der Waals surface area contributed by atoms with E-state index in [0.717, 1.165) is 12.8 Å². The molecule has 1 aliphatic rings. The van der Waals surface area contributed by atoms with E-state index >= 15 is 0 Å². The molecule has 0 aromatic heterocycles. The maximum atomic E-state index is 11.5. The van der Waals surface area contributed by atoms with Crippen molar-refractivity contribution in [2.24, 2.45) is 0 Å². The second kappa shape index (κ2) is 5.85. The Morgan fingerprint density at radius 1 is 1.60 bits per heavy atom. The summed E-state index contributed by atoms with van der Waals surface area (Å²) < 4.78 is 4.96. The van der Waals surface area contributed by atoms with Crippen LogP contribution in [0.15, 0.2) is 0 Å². The highest BCUT2D eigenvalue weighted by Gasteiger charge is 2.35. The van der Waals surface area contributed by atoms with Crippen LogP contribution in [0, 0.1) is 0 Å². The van der Waals surface area contributed by atoms with Crippen LogP contribution in [0.1, 0.15) is 19.8 Å². The normalized spacial score (nSPS) is 20.3. The van der Waals surface area contributed by atoms with E-state index in [4.69, 9.17) is 9.84 Å².